The molecule has 0 saturated heterocycles. The van der Waals surface area contributed by atoms with Gasteiger partial charge in [0.1, 0.15) is 0 Å². The van der Waals surface area contributed by atoms with Crippen molar-refractivity contribution in [1.29, 1.82) is 0 Å². The molecular formula is C15H17NO. The van der Waals surface area contributed by atoms with Gasteiger partial charge in [0.05, 0.1) is 0 Å². The number of nitrogens with two attached hydrogens (primary N) is 1. The van der Waals surface area contributed by atoms with Crippen molar-refractivity contribution < 1.29 is 4.79 Å². The number of carbonyl (C=O) groups excluding carboxylic acids is 1. The van der Waals surface area contributed by atoms with E-state index in [9.17, 15) is 4.79 Å². The Morgan fingerprint density at radius 1 is 1.18 bits per heavy atom. The molecule has 0 atom stereocenters. The minimum Gasteiger partial charge on any atom is -0.370 e. The van der Waals surface area contributed by atoms with Crippen LogP contribution in [0.5, 0.6) is 0 Å². The van der Waals surface area contributed by atoms with Crippen molar-refractivity contribution >= 4 is 16.7 Å². The third kappa shape index (κ3) is 2.64. The molecule has 2 heteroatoms. The summed E-state index contributed by atoms with van der Waals surface area (Å²) in [5.74, 6) is -0.220. The smallest absolute Gasteiger partial charge is 0.217 e. The van der Waals surface area contributed by atoms with Crippen LogP contribution < -0.4 is 5.73 Å². The SMILES string of the molecule is Cc1ccc2ccccc2c1CCCC(N)=O. The molecule has 0 bridgehead atoms. The lowest BCUT2D eigenvalue weighted by molar-refractivity contribution is -0.118. The van der Waals surface area contributed by atoms with Gasteiger partial charge in [-0.1, -0.05) is 36.4 Å². The quantitative estimate of drug-likeness (QED) is 0.857. The van der Waals surface area contributed by atoms with Gasteiger partial charge in [0, 0.05) is 6.42 Å². The van der Waals surface area contributed by atoms with Crippen molar-refractivity contribution in [1.82, 2.24) is 0 Å². The molecule has 0 aliphatic rings. The standard InChI is InChI=1S/C15H17NO/c1-11-9-10-12-5-2-3-6-14(12)13(11)7-4-8-15(16)17/h2-3,5-6,9-10H,4,7-8H2,1H3,(H2,16,17). The average Bonchev–Trinajstić information content (AvgIpc) is 2.32. The molecule has 0 fully saturated rings. The fourth-order valence-corrected chi connectivity index (χ4v) is 2.22. The zero-order valence-corrected chi connectivity index (χ0v) is 10.1. The lowest BCUT2D eigenvalue weighted by Crippen LogP contribution is -2.10. The fraction of sp³-hybridized carbons (Fsp3) is 0.267. The van der Waals surface area contributed by atoms with E-state index in [0.717, 1.165) is 12.8 Å². The number of aryl methyl sites for hydroxylation is 2. The zero-order valence-electron chi connectivity index (χ0n) is 10.1. The topological polar surface area (TPSA) is 43.1 Å². The van der Waals surface area contributed by atoms with Crippen molar-refractivity contribution in [2.75, 3.05) is 0 Å². The van der Waals surface area contributed by atoms with Crippen LogP contribution >= 0.6 is 0 Å². The summed E-state index contributed by atoms with van der Waals surface area (Å²) < 4.78 is 0. The largest absolute Gasteiger partial charge is 0.370 e. The van der Waals surface area contributed by atoms with Gasteiger partial charge in [-0.15, -0.1) is 0 Å². The molecule has 2 aromatic rings. The third-order valence-electron chi connectivity index (χ3n) is 3.12. The van der Waals surface area contributed by atoms with E-state index in [1.54, 1.807) is 0 Å². The maximum Gasteiger partial charge on any atom is 0.217 e. The first-order valence-corrected chi connectivity index (χ1v) is 5.94. The maximum atomic E-state index is 10.8. The Morgan fingerprint density at radius 3 is 2.71 bits per heavy atom. The minimum atomic E-state index is -0.220. The van der Waals surface area contributed by atoms with Gasteiger partial charge >= 0.3 is 0 Å². The van der Waals surface area contributed by atoms with E-state index >= 15 is 0 Å². The Labute approximate surface area is 101 Å². The summed E-state index contributed by atoms with van der Waals surface area (Å²) in [4.78, 5) is 10.8. The van der Waals surface area contributed by atoms with E-state index in [1.165, 1.54) is 21.9 Å². The summed E-state index contributed by atoms with van der Waals surface area (Å²) in [6, 6.07) is 12.6. The Bertz CT molecular complexity index is 546. The fourth-order valence-electron chi connectivity index (χ4n) is 2.22. The molecule has 0 aliphatic carbocycles. The number of carbonyl (C=O) groups is 1. The van der Waals surface area contributed by atoms with Crippen LogP contribution in [-0.4, -0.2) is 5.91 Å². The molecule has 0 saturated carbocycles. The normalized spacial score (nSPS) is 10.6. The monoisotopic (exact) mass is 227 g/mol. The molecule has 2 rings (SSSR count). The van der Waals surface area contributed by atoms with Gasteiger partial charge in [0.2, 0.25) is 5.91 Å². The van der Waals surface area contributed by atoms with Gasteiger partial charge in [0.25, 0.3) is 0 Å². The van der Waals surface area contributed by atoms with E-state index in [4.69, 9.17) is 5.73 Å². The first kappa shape index (κ1) is 11.6. The molecule has 0 aliphatic heterocycles. The van der Waals surface area contributed by atoms with Crippen LogP contribution in [0.4, 0.5) is 0 Å². The highest BCUT2D eigenvalue weighted by atomic mass is 16.1. The molecule has 2 nitrogen and oxygen atoms in total. The molecule has 0 radical (unpaired) electrons. The van der Waals surface area contributed by atoms with E-state index in [2.05, 4.69) is 37.3 Å². The van der Waals surface area contributed by atoms with Gasteiger partial charge in [-0.3, -0.25) is 4.79 Å². The second-order valence-corrected chi connectivity index (χ2v) is 4.40. The van der Waals surface area contributed by atoms with E-state index in [-0.39, 0.29) is 5.91 Å². The summed E-state index contributed by atoms with van der Waals surface area (Å²) in [5.41, 5.74) is 7.79. The van der Waals surface area contributed by atoms with Crippen LogP contribution in [0.2, 0.25) is 0 Å². The number of benzene rings is 2. The van der Waals surface area contributed by atoms with Gasteiger partial charge in [-0.2, -0.15) is 0 Å². The number of primary amides is 1. The zero-order chi connectivity index (χ0) is 12.3. The third-order valence-corrected chi connectivity index (χ3v) is 3.12. The Hall–Kier alpha value is -1.83. The van der Waals surface area contributed by atoms with Crippen LogP contribution in [0.1, 0.15) is 24.0 Å². The molecule has 0 unspecified atom stereocenters. The lowest BCUT2D eigenvalue weighted by atomic mass is 9.96. The van der Waals surface area contributed by atoms with Crippen LogP contribution in [-0.2, 0) is 11.2 Å². The van der Waals surface area contributed by atoms with Gasteiger partial charge in [-0.25, -0.2) is 0 Å². The number of hydrogen-bond acceptors (Lipinski definition) is 1. The molecule has 88 valence electrons. The minimum absolute atomic E-state index is 0.220. The Morgan fingerprint density at radius 2 is 1.94 bits per heavy atom. The van der Waals surface area contributed by atoms with Crippen molar-refractivity contribution in [3.63, 3.8) is 0 Å². The number of amides is 1. The second kappa shape index (κ2) is 5.00. The highest BCUT2D eigenvalue weighted by molar-refractivity contribution is 5.86. The molecule has 0 aromatic heterocycles. The van der Waals surface area contributed by atoms with Crippen LogP contribution in [0.15, 0.2) is 36.4 Å². The molecule has 0 spiro atoms. The number of hydrogen-bond donors (Lipinski definition) is 1. The highest BCUT2D eigenvalue weighted by Gasteiger charge is 2.05. The summed E-state index contributed by atoms with van der Waals surface area (Å²) in [5, 5.41) is 2.55. The van der Waals surface area contributed by atoms with Crippen molar-refractivity contribution in [2.45, 2.75) is 26.2 Å². The Kier molecular flexibility index (Phi) is 3.43. The summed E-state index contributed by atoms with van der Waals surface area (Å²) in [6.07, 6.45) is 2.20. The summed E-state index contributed by atoms with van der Waals surface area (Å²) >= 11 is 0. The molecule has 17 heavy (non-hydrogen) atoms. The van der Waals surface area contributed by atoms with Crippen LogP contribution in [0, 0.1) is 6.92 Å². The van der Waals surface area contributed by atoms with Gasteiger partial charge < -0.3 is 5.73 Å². The molecular weight excluding hydrogens is 210 g/mol. The van der Waals surface area contributed by atoms with Gasteiger partial charge in [0.15, 0.2) is 0 Å². The molecule has 2 aromatic carbocycles. The van der Waals surface area contributed by atoms with E-state index < -0.39 is 0 Å². The summed E-state index contributed by atoms with van der Waals surface area (Å²) in [6.45, 7) is 2.12. The van der Waals surface area contributed by atoms with Crippen molar-refractivity contribution in [3.8, 4) is 0 Å². The predicted molar refractivity (Wildman–Crippen MR) is 70.8 cm³/mol. The lowest BCUT2D eigenvalue weighted by Gasteiger charge is -2.09. The van der Waals surface area contributed by atoms with E-state index in [1.807, 2.05) is 6.07 Å². The summed E-state index contributed by atoms with van der Waals surface area (Å²) in [7, 11) is 0. The highest BCUT2D eigenvalue weighted by Crippen LogP contribution is 2.23. The Balaban J connectivity index is 2.31. The number of rotatable bonds is 4. The first-order valence-electron chi connectivity index (χ1n) is 5.94. The number of fused-ring (bicyclic) bond motifs is 1. The predicted octanol–water partition coefficient (Wildman–Crippen LogP) is 2.96. The first-order chi connectivity index (χ1) is 8.18. The maximum absolute atomic E-state index is 10.8. The molecule has 1 amide bonds. The second-order valence-electron chi connectivity index (χ2n) is 4.40. The van der Waals surface area contributed by atoms with Crippen LogP contribution in [0.25, 0.3) is 10.8 Å². The van der Waals surface area contributed by atoms with Crippen molar-refractivity contribution in [3.05, 3.63) is 47.5 Å². The molecule has 0 heterocycles. The van der Waals surface area contributed by atoms with E-state index in [0.29, 0.717) is 6.42 Å². The van der Waals surface area contributed by atoms with Crippen molar-refractivity contribution in [2.24, 2.45) is 5.73 Å². The van der Waals surface area contributed by atoms with Crippen LogP contribution in [0.3, 0.4) is 0 Å². The average molecular weight is 227 g/mol. The molecule has 2 N–H and O–H groups in total. The van der Waals surface area contributed by atoms with Gasteiger partial charge in [-0.05, 0) is 41.7 Å².